The van der Waals surface area contributed by atoms with Gasteiger partial charge in [-0.1, -0.05) is 6.07 Å². The number of nitro benzene ring substituents is 1. The van der Waals surface area contributed by atoms with E-state index < -0.39 is 4.92 Å². The topological polar surface area (TPSA) is 88.3 Å². The summed E-state index contributed by atoms with van der Waals surface area (Å²) in [5.74, 6) is 0. The molecule has 0 unspecified atom stereocenters. The SMILES string of the molecule is C[N+](C)(O)CCCNc1ccnc2cccc([N+](=O)[O-])c12.Cl.[Cl-]. The Hall–Kier alpha value is -1.67. The summed E-state index contributed by atoms with van der Waals surface area (Å²) in [4.78, 5) is 14.9. The number of halogens is 2. The van der Waals surface area contributed by atoms with Crippen molar-refractivity contribution in [2.24, 2.45) is 0 Å². The van der Waals surface area contributed by atoms with Gasteiger partial charge in [0, 0.05) is 25.2 Å². The predicted octanol–water partition coefficient (Wildman–Crippen LogP) is -0.164. The van der Waals surface area contributed by atoms with Gasteiger partial charge < -0.3 is 17.7 Å². The number of benzene rings is 1. The highest BCUT2D eigenvalue weighted by atomic mass is 35.5. The highest BCUT2D eigenvalue weighted by Crippen LogP contribution is 2.30. The highest BCUT2D eigenvalue weighted by Gasteiger charge is 2.16. The second kappa shape index (κ2) is 8.83. The molecule has 0 aliphatic carbocycles. The van der Waals surface area contributed by atoms with Crippen LogP contribution < -0.4 is 17.7 Å². The van der Waals surface area contributed by atoms with Crippen LogP contribution in [0.4, 0.5) is 11.4 Å². The number of quaternary nitrogens is 1. The molecule has 0 saturated heterocycles. The average Bonchev–Trinajstić information content (AvgIpc) is 2.41. The smallest absolute Gasteiger partial charge is 0.280 e. The van der Waals surface area contributed by atoms with E-state index in [9.17, 15) is 15.3 Å². The first-order chi connectivity index (χ1) is 9.88. The molecule has 0 spiro atoms. The Labute approximate surface area is 146 Å². The van der Waals surface area contributed by atoms with Crippen molar-refractivity contribution >= 4 is 34.7 Å². The van der Waals surface area contributed by atoms with Gasteiger partial charge in [0.1, 0.15) is 11.9 Å². The zero-order valence-electron chi connectivity index (χ0n) is 12.9. The first-order valence-electron chi connectivity index (χ1n) is 6.70. The molecule has 1 aromatic heterocycles. The van der Waals surface area contributed by atoms with Crippen LogP contribution in [-0.4, -0.2) is 46.9 Å². The standard InChI is InChI=1S/C14H19N4O3.2ClH/c1-18(2,21)10-4-8-15-12-7-9-16-11-5-3-6-13(14(11)12)17(19)20;;/h3,5-7,9,21H,4,8,10H2,1-2H3,(H,15,16);2*1H/q+1;;/p-1. The van der Waals surface area contributed by atoms with Gasteiger partial charge in [-0.25, -0.2) is 5.21 Å². The van der Waals surface area contributed by atoms with Crippen molar-refractivity contribution in [3.63, 3.8) is 0 Å². The molecule has 0 amide bonds. The summed E-state index contributed by atoms with van der Waals surface area (Å²) in [6.07, 6.45) is 2.37. The number of nitro groups is 1. The number of hydrogen-bond donors (Lipinski definition) is 2. The second-order valence-electron chi connectivity index (χ2n) is 5.41. The van der Waals surface area contributed by atoms with E-state index >= 15 is 0 Å². The minimum atomic E-state index is -0.400. The van der Waals surface area contributed by atoms with Crippen molar-refractivity contribution in [2.75, 3.05) is 32.5 Å². The van der Waals surface area contributed by atoms with Gasteiger partial charge in [-0.3, -0.25) is 15.1 Å². The Kier molecular flexibility index (Phi) is 8.19. The van der Waals surface area contributed by atoms with E-state index in [1.54, 1.807) is 38.5 Å². The molecule has 9 heteroatoms. The van der Waals surface area contributed by atoms with E-state index in [2.05, 4.69) is 10.3 Å². The summed E-state index contributed by atoms with van der Waals surface area (Å²) >= 11 is 0. The quantitative estimate of drug-likeness (QED) is 0.322. The van der Waals surface area contributed by atoms with Gasteiger partial charge in [0.05, 0.1) is 30.2 Å². The Bertz CT molecular complexity index is 657. The zero-order valence-corrected chi connectivity index (χ0v) is 14.5. The van der Waals surface area contributed by atoms with Crippen molar-refractivity contribution in [1.29, 1.82) is 0 Å². The number of nitrogens with one attached hydrogen (secondary N) is 1. The molecule has 0 saturated carbocycles. The third-order valence-electron chi connectivity index (χ3n) is 3.14. The van der Waals surface area contributed by atoms with E-state index in [4.69, 9.17) is 0 Å². The van der Waals surface area contributed by atoms with E-state index in [1.807, 2.05) is 0 Å². The molecule has 0 radical (unpaired) electrons. The molecule has 0 aliphatic heterocycles. The van der Waals surface area contributed by atoms with Crippen LogP contribution in [0.15, 0.2) is 30.5 Å². The molecule has 2 aromatic rings. The van der Waals surface area contributed by atoms with Crippen molar-refractivity contribution in [3.8, 4) is 0 Å². The predicted molar refractivity (Wildman–Crippen MR) is 87.5 cm³/mol. The molecular weight excluding hydrogens is 343 g/mol. The minimum Gasteiger partial charge on any atom is -1.00 e. The third-order valence-corrected chi connectivity index (χ3v) is 3.14. The molecule has 0 bridgehead atoms. The van der Waals surface area contributed by atoms with Gasteiger partial charge in [-0.2, -0.15) is 4.65 Å². The molecule has 0 fully saturated rings. The van der Waals surface area contributed by atoms with E-state index in [1.165, 1.54) is 6.07 Å². The van der Waals surface area contributed by atoms with Gasteiger partial charge in [-0.15, -0.1) is 12.4 Å². The molecule has 1 heterocycles. The van der Waals surface area contributed by atoms with Crippen molar-refractivity contribution in [1.82, 2.24) is 4.98 Å². The molecule has 2 rings (SSSR count). The summed E-state index contributed by atoms with van der Waals surface area (Å²) in [6.45, 7) is 1.21. The maximum atomic E-state index is 11.1. The summed E-state index contributed by atoms with van der Waals surface area (Å²) < 4.78 is -0.0983. The number of rotatable bonds is 6. The molecule has 0 aliphatic rings. The molecular formula is C14H20Cl2N4O3. The third kappa shape index (κ3) is 5.80. The Balaban J connectivity index is 0.00000242. The molecule has 23 heavy (non-hydrogen) atoms. The molecule has 1 aromatic carbocycles. The average molecular weight is 363 g/mol. The van der Waals surface area contributed by atoms with Crippen LogP contribution in [0.2, 0.25) is 0 Å². The van der Waals surface area contributed by atoms with Crippen molar-refractivity contribution in [3.05, 3.63) is 40.6 Å². The number of nitrogens with zero attached hydrogens (tertiary/aromatic N) is 3. The van der Waals surface area contributed by atoms with Crippen LogP contribution in [0.1, 0.15) is 6.42 Å². The van der Waals surface area contributed by atoms with Gasteiger partial charge in [0.2, 0.25) is 0 Å². The van der Waals surface area contributed by atoms with Crippen LogP contribution in [0.3, 0.4) is 0 Å². The molecule has 7 nitrogen and oxygen atoms in total. The minimum absolute atomic E-state index is 0. The lowest BCUT2D eigenvalue weighted by atomic mass is 10.1. The fraction of sp³-hybridized carbons (Fsp3) is 0.357. The van der Waals surface area contributed by atoms with Crippen LogP contribution in [0, 0.1) is 10.1 Å². The van der Waals surface area contributed by atoms with Gasteiger partial charge >= 0.3 is 0 Å². The largest absolute Gasteiger partial charge is 1.00 e. The van der Waals surface area contributed by atoms with E-state index in [0.29, 0.717) is 29.7 Å². The maximum Gasteiger partial charge on any atom is 0.280 e. The lowest BCUT2D eigenvalue weighted by Gasteiger charge is -2.19. The van der Waals surface area contributed by atoms with Crippen LogP contribution in [0.25, 0.3) is 10.9 Å². The van der Waals surface area contributed by atoms with E-state index in [-0.39, 0.29) is 35.1 Å². The molecule has 128 valence electrons. The fourth-order valence-electron chi connectivity index (χ4n) is 2.18. The summed E-state index contributed by atoms with van der Waals surface area (Å²) in [5, 5.41) is 24.5. The number of pyridine rings is 1. The van der Waals surface area contributed by atoms with Gasteiger partial charge in [0.25, 0.3) is 5.69 Å². The number of hydrogen-bond acceptors (Lipinski definition) is 5. The normalized spacial score (nSPS) is 10.6. The first kappa shape index (κ1) is 21.3. The van der Waals surface area contributed by atoms with E-state index in [0.717, 1.165) is 6.42 Å². The number of anilines is 1. The van der Waals surface area contributed by atoms with Gasteiger partial charge in [0.15, 0.2) is 0 Å². The Morgan fingerprint density at radius 1 is 1.35 bits per heavy atom. The lowest BCUT2D eigenvalue weighted by molar-refractivity contribution is -1.07. The monoisotopic (exact) mass is 362 g/mol. The van der Waals surface area contributed by atoms with Crippen LogP contribution in [0.5, 0.6) is 0 Å². The number of aromatic nitrogens is 1. The number of hydroxylamine groups is 3. The van der Waals surface area contributed by atoms with Crippen LogP contribution in [-0.2, 0) is 0 Å². The number of fused-ring (bicyclic) bond motifs is 1. The van der Waals surface area contributed by atoms with Gasteiger partial charge in [-0.05, 0) is 12.1 Å². The van der Waals surface area contributed by atoms with Crippen LogP contribution >= 0.6 is 12.4 Å². The molecule has 2 N–H and O–H groups in total. The zero-order chi connectivity index (χ0) is 15.5. The molecule has 0 atom stereocenters. The maximum absolute atomic E-state index is 11.1. The summed E-state index contributed by atoms with van der Waals surface area (Å²) in [7, 11) is 3.40. The second-order valence-corrected chi connectivity index (χ2v) is 5.41. The highest BCUT2D eigenvalue weighted by molar-refractivity contribution is 5.98. The van der Waals surface area contributed by atoms with Crippen molar-refractivity contribution in [2.45, 2.75) is 6.42 Å². The lowest BCUT2D eigenvalue weighted by Crippen LogP contribution is -3.00. The van der Waals surface area contributed by atoms with Crippen molar-refractivity contribution < 1.29 is 27.2 Å². The number of non-ortho nitro benzene ring substituents is 1. The summed E-state index contributed by atoms with van der Waals surface area (Å²) in [5.41, 5.74) is 1.32. The first-order valence-corrected chi connectivity index (χ1v) is 6.70. The Morgan fingerprint density at radius 3 is 2.65 bits per heavy atom. The fourth-order valence-corrected chi connectivity index (χ4v) is 2.18. The summed E-state index contributed by atoms with van der Waals surface area (Å²) in [6, 6.07) is 6.58. The Morgan fingerprint density at radius 2 is 2.04 bits per heavy atom.